The molecule has 5 heteroatoms. The first-order valence-corrected chi connectivity index (χ1v) is 10.1. The number of urea groups is 1. The highest BCUT2D eigenvalue weighted by Crippen LogP contribution is 2.36. The number of imide groups is 1. The highest BCUT2D eigenvalue weighted by Gasteiger charge is 2.52. The quantitative estimate of drug-likeness (QED) is 0.600. The van der Waals surface area contributed by atoms with Gasteiger partial charge in [0.25, 0.3) is 5.91 Å². The zero-order chi connectivity index (χ0) is 19.6. The van der Waals surface area contributed by atoms with E-state index in [1.54, 1.807) is 12.1 Å². The summed E-state index contributed by atoms with van der Waals surface area (Å²) in [7, 11) is 0. The molecule has 5 nitrogen and oxygen atoms in total. The second kappa shape index (κ2) is 7.83. The lowest BCUT2D eigenvalue weighted by Crippen LogP contribution is -2.51. The van der Waals surface area contributed by atoms with E-state index in [2.05, 4.69) is 19.2 Å². The molecule has 1 saturated carbocycles. The van der Waals surface area contributed by atoms with Crippen LogP contribution in [0.4, 0.5) is 4.79 Å². The Bertz CT molecular complexity index is 722. The molecule has 27 heavy (non-hydrogen) atoms. The monoisotopic (exact) mass is 370 g/mol. The second-order valence-corrected chi connectivity index (χ2v) is 8.21. The Kier molecular flexibility index (Phi) is 5.68. The maximum Gasteiger partial charge on any atom is 0.325 e. The van der Waals surface area contributed by atoms with E-state index in [0.29, 0.717) is 11.5 Å². The molecule has 0 radical (unpaired) electrons. The fourth-order valence-corrected chi connectivity index (χ4v) is 4.28. The lowest BCUT2D eigenvalue weighted by molar-refractivity contribution is -0.132. The molecule has 0 spiro atoms. The maximum absolute atomic E-state index is 13.0. The number of benzene rings is 1. The Morgan fingerprint density at radius 1 is 1.19 bits per heavy atom. The standard InChI is InChI=1S/C22H30N2O3/c1-4-15(2)16-10-12-17(13-11-16)19(25)14-24-20(26)22(3,23-21(24)27)18-8-6-5-7-9-18/h10-13,15,18H,4-9,14H2,1-3H3,(H,23,27)/t15-,22-/m0/s1. The molecule has 1 aliphatic carbocycles. The number of hydrogen-bond donors (Lipinski definition) is 1. The molecule has 3 amide bonds. The van der Waals surface area contributed by atoms with Gasteiger partial charge in [0.2, 0.25) is 0 Å². The van der Waals surface area contributed by atoms with Crippen LogP contribution in [0.2, 0.25) is 0 Å². The lowest BCUT2D eigenvalue weighted by Gasteiger charge is -2.34. The lowest BCUT2D eigenvalue weighted by atomic mass is 9.75. The van der Waals surface area contributed by atoms with Crippen molar-refractivity contribution in [1.29, 1.82) is 0 Å². The van der Waals surface area contributed by atoms with Gasteiger partial charge in [-0.05, 0) is 43.6 Å². The molecule has 3 rings (SSSR count). The summed E-state index contributed by atoms with van der Waals surface area (Å²) >= 11 is 0. The summed E-state index contributed by atoms with van der Waals surface area (Å²) in [5.74, 6) is 0.125. The summed E-state index contributed by atoms with van der Waals surface area (Å²) < 4.78 is 0. The van der Waals surface area contributed by atoms with Crippen LogP contribution in [-0.4, -0.2) is 34.7 Å². The van der Waals surface area contributed by atoms with E-state index in [1.807, 2.05) is 19.1 Å². The average molecular weight is 370 g/mol. The first-order chi connectivity index (χ1) is 12.9. The van der Waals surface area contributed by atoms with Crippen LogP contribution in [0.15, 0.2) is 24.3 Å². The number of amides is 3. The zero-order valence-electron chi connectivity index (χ0n) is 16.6. The zero-order valence-corrected chi connectivity index (χ0v) is 16.6. The molecule has 1 aromatic rings. The summed E-state index contributed by atoms with van der Waals surface area (Å²) in [6.07, 6.45) is 6.29. The van der Waals surface area contributed by atoms with Gasteiger partial charge in [-0.25, -0.2) is 4.79 Å². The number of carbonyl (C=O) groups is 3. The summed E-state index contributed by atoms with van der Waals surface area (Å²) in [6.45, 7) is 5.89. The fourth-order valence-electron chi connectivity index (χ4n) is 4.28. The van der Waals surface area contributed by atoms with Gasteiger partial charge in [0.1, 0.15) is 5.54 Å². The smallest absolute Gasteiger partial charge is 0.323 e. The topological polar surface area (TPSA) is 66.5 Å². The molecule has 1 N–H and O–H groups in total. The van der Waals surface area contributed by atoms with Gasteiger partial charge in [0.05, 0.1) is 6.54 Å². The SMILES string of the molecule is CC[C@H](C)c1ccc(C(=O)CN2C(=O)N[C@@](C)(C3CCCCC3)C2=O)cc1. The largest absolute Gasteiger partial charge is 0.325 e. The van der Waals surface area contributed by atoms with E-state index in [9.17, 15) is 14.4 Å². The first-order valence-electron chi connectivity index (χ1n) is 10.1. The molecule has 0 unspecified atom stereocenters. The van der Waals surface area contributed by atoms with Gasteiger partial charge in [-0.3, -0.25) is 14.5 Å². The summed E-state index contributed by atoms with van der Waals surface area (Å²) in [4.78, 5) is 39.2. The van der Waals surface area contributed by atoms with Crippen LogP contribution in [0.3, 0.4) is 0 Å². The Morgan fingerprint density at radius 3 is 2.41 bits per heavy atom. The van der Waals surface area contributed by atoms with Gasteiger partial charge in [-0.2, -0.15) is 0 Å². The number of rotatable bonds is 6. The van der Waals surface area contributed by atoms with Crippen LogP contribution in [0, 0.1) is 5.92 Å². The van der Waals surface area contributed by atoms with E-state index in [1.165, 1.54) is 12.0 Å². The third-order valence-corrected chi connectivity index (χ3v) is 6.44. The molecule has 1 aromatic carbocycles. The number of hydrogen-bond acceptors (Lipinski definition) is 3. The van der Waals surface area contributed by atoms with Crippen molar-refractivity contribution >= 4 is 17.7 Å². The van der Waals surface area contributed by atoms with Gasteiger partial charge < -0.3 is 5.32 Å². The molecule has 2 aliphatic rings. The van der Waals surface area contributed by atoms with E-state index < -0.39 is 11.6 Å². The number of nitrogens with one attached hydrogen (secondary N) is 1. The van der Waals surface area contributed by atoms with Crippen LogP contribution in [0.5, 0.6) is 0 Å². The van der Waals surface area contributed by atoms with Gasteiger partial charge in [-0.15, -0.1) is 0 Å². The highest BCUT2D eigenvalue weighted by atomic mass is 16.2. The van der Waals surface area contributed by atoms with E-state index >= 15 is 0 Å². The predicted octanol–water partition coefficient (Wildman–Crippen LogP) is 4.27. The molecular weight excluding hydrogens is 340 g/mol. The molecule has 1 heterocycles. The van der Waals surface area contributed by atoms with E-state index in [0.717, 1.165) is 37.0 Å². The Morgan fingerprint density at radius 2 is 1.81 bits per heavy atom. The van der Waals surface area contributed by atoms with Crippen molar-refractivity contribution in [1.82, 2.24) is 10.2 Å². The maximum atomic E-state index is 13.0. The molecule has 0 bridgehead atoms. The van der Waals surface area contributed by atoms with Crippen LogP contribution < -0.4 is 5.32 Å². The minimum absolute atomic E-state index is 0.151. The van der Waals surface area contributed by atoms with Gasteiger partial charge in [0, 0.05) is 5.56 Å². The van der Waals surface area contributed by atoms with Crippen molar-refractivity contribution in [2.45, 2.75) is 70.8 Å². The van der Waals surface area contributed by atoms with Crippen molar-refractivity contribution in [3.8, 4) is 0 Å². The first kappa shape index (κ1) is 19.6. The third kappa shape index (κ3) is 3.78. The van der Waals surface area contributed by atoms with E-state index in [-0.39, 0.29) is 24.2 Å². The fraction of sp³-hybridized carbons (Fsp3) is 0.591. The number of ketones is 1. The second-order valence-electron chi connectivity index (χ2n) is 8.21. The Balaban J connectivity index is 1.70. The average Bonchev–Trinajstić information content (AvgIpc) is 2.92. The van der Waals surface area contributed by atoms with Crippen LogP contribution in [-0.2, 0) is 4.79 Å². The Labute approximate surface area is 161 Å². The molecule has 0 aromatic heterocycles. The molecule has 2 fully saturated rings. The van der Waals surface area contributed by atoms with Gasteiger partial charge >= 0.3 is 6.03 Å². The van der Waals surface area contributed by atoms with Gasteiger partial charge in [0.15, 0.2) is 5.78 Å². The molecule has 146 valence electrons. The summed E-state index contributed by atoms with van der Waals surface area (Å²) in [6, 6.07) is 7.06. The van der Waals surface area contributed by atoms with Crippen molar-refractivity contribution in [2.75, 3.05) is 6.54 Å². The third-order valence-electron chi connectivity index (χ3n) is 6.44. The number of Topliss-reactive ketones (excluding diaryl/α,β-unsaturated/α-hetero) is 1. The minimum Gasteiger partial charge on any atom is -0.323 e. The minimum atomic E-state index is -0.877. The molecule has 1 aliphatic heterocycles. The summed E-state index contributed by atoms with van der Waals surface area (Å²) in [5.41, 5.74) is 0.848. The normalized spacial score (nSPS) is 24.8. The summed E-state index contributed by atoms with van der Waals surface area (Å²) in [5, 5.41) is 2.87. The van der Waals surface area contributed by atoms with E-state index in [4.69, 9.17) is 0 Å². The van der Waals surface area contributed by atoms with Crippen LogP contribution in [0.1, 0.15) is 81.1 Å². The highest BCUT2D eigenvalue weighted by molar-refractivity contribution is 6.11. The van der Waals surface area contributed by atoms with Gasteiger partial charge in [-0.1, -0.05) is 57.4 Å². The number of carbonyl (C=O) groups excluding carboxylic acids is 3. The molecule has 1 saturated heterocycles. The van der Waals surface area contributed by atoms with Crippen molar-refractivity contribution in [3.63, 3.8) is 0 Å². The van der Waals surface area contributed by atoms with Crippen molar-refractivity contribution in [3.05, 3.63) is 35.4 Å². The molecular formula is C22H30N2O3. The Hall–Kier alpha value is -2.17. The molecule has 2 atom stereocenters. The predicted molar refractivity (Wildman–Crippen MR) is 105 cm³/mol. The van der Waals surface area contributed by atoms with Crippen LogP contribution >= 0.6 is 0 Å². The number of nitrogens with zero attached hydrogens (tertiary/aromatic N) is 1. The van der Waals surface area contributed by atoms with Crippen molar-refractivity contribution in [2.24, 2.45) is 5.92 Å². The van der Waals surface area contributed by atoms with Crippen LogP contribution in [0.25, 0.3) is 0 Å². The van der Waals surface area contributed by atoms with Crippen molar-refractivity contribution < 1.29 is 14.4 Å².